The number of rotatable bonds is 7. The molecule has 0 unspecified atom stereocenters. The van der Waals surface area contributed by atoms with Crippen molar-refractivity contribution in [3.05, 3.63) is 35.4 Å². The Morgan fingerprint density at radius 3 is 1.85 bits per heavy atom. The molecule has 2 atom stereocenters. The third kappa shape index (κ3) is 7.45. The second-order valence-electron chi connectivity index (χ2n) is 9.46. The molecule has 1 fully saturated rings. The first-order chi connectivity index (χ1) is 15.5. The second kappa shape index (κ2) is 11.5. The first kappa shape index (κ1) is 26.6. The average molecular weight is 463 g/mol. The van der Waals surface area contributed by atoms with E-state index in [1.807, 2.05) is 51.7 Å². The molecule has 8 heteroatoms. The van der Waals surface area contributed by atoms with Crippen molar-refractivity contribution in [3.63, 3.8) is 0 Å². The molecule has 0 bridgehead atoms. The van der Waals surface area contributed by atoms with Crippen molar-refractivity contribution >= 4 is 18.0 Å². The van der Waals surface area contributed by atoms with Gasteiger partial charge in [0, 0.05) is 31.7 Å². The molecule has 1 aromatic carbocycles. The Labute approximate surface area is 197 Å². The Morgan fingerprint density at radius 2 is 1.42 bits per heavy atom. The van der Waals surface area contributed by atoms with Gasteiger partial charge in [0.1, 0.15) is 5.60 Å². The summed E-state index contributed by atoms with van der Waals surface area (Å²) in [5, 5.41) is 0. The number of amides is 1. The minimum Gasteiger partial charge on any atom is -0.465 e. The number of hydrogen-bond donors (Lipinski definition) is 0. The lowest BCUT2D eigenvalue weighted by Crippen LogP contribution is -2.59. The van der Waals surface area contributed by atoms with Gasteiger partial charge >= 0.3 is 18.0 Å². The van der Waals surface area contributed by atoms with Gasteiger partial charge in [-0.3, -0.25) is 14.5 Å². The Balaban J connectivity index is 2.06. The maximum Gasteiger partial charge on any atom is 0.410 e. The minimum atomic E-state index is -1.09. The van der Waals surface area contributed by atoms with E-state index in [1.165, 1.54) is 0 Å². The quantitative estimate of drug-likeness (QED) is 0.347. The van der Waals surface area contributed by atoms with E-state index < -0.39 is 23.5 Å². The van der Waals surface area contributed by atoms with Crippen molar-refractivity contribution < 1.29 is 28.6 Å². The molecule has 33 heavy (non-hydrogen) atoms. The molecule has 0 aromatic heterocycles. The Morgan fingerprint density at radius 1 is 0.939 bits per heavy atom. The molecular formula is C25H38N2O6. The number of carbonyl (C=O) groups excluding carboxylic acids is 3. The topological polar surface area (TPSA) is 85.4 Å². The summed E-state index contributed by atoms with van der Waals surface area (Å²) in [6, 6.07) is 7.40. The van der Waals surface area contributed by atoms with E-state index in [-0.39, 0.29) is 31.4 Å². The molecule has 1 amide bonds. The van der Waals surface area contributed by atoms with Gasteiger partial charge in [-0.1, -0.05) is 24.3 Å². The summed E-state index contributed by atoms with van der Waals surface area (Å²) in [6.07, 6.45) is -0.282. The molecule has 1 saturated heterocycles. The highest BCUT2D eigenvalue weighted by Crippen LogP contribution is 2.23. The summed E-state index contributed by atoms with van der Waals surface area (Å²) in [5.41, 5.74) is 1.07. The molecule has 0 saturated carbocycles. The Hall–Kier alpha value is -2.61. The average Bonchev–Trinajstić information content (AvgIpc) is 2.68. The number of carbonyl (C=O) groups is 3. The van der Waals surface area contributed by atoms with Gasteiger partial charge in [0.25, 0.3) is 0 Å². The number of benzene rings is 1. The summed E-state index contributed by atoms with van der Waals surface area (Å²) < 4.78 is 15.7. The van der Waals surface area contributed by atoms with E-state index in [0.717, 1.165) is 18.7 Å². The number of piperazine rings is 1. The van der Waals surface area contributed by atoms with Gasteiger partial charge in [0.15, 0.2) is 5.92 Å². The van der Waals surface area contributed by atoms with Crippen LogP contribution in [0.4, 0.5) is 4.79 Å². The lowest BCUT2D eigenvalue weighted by Gasteiger charge is -2.44. The number of hydrogen-bond acceptors (Lipinski definition) is 7. The largest absolute Gasteiger partial charge is 0.465 e. The Kier molecular flexibility index (Phi) is 9.28. The van der Waals surface area contributed by atoms with E-state index >= 15 is 0 Å². The van der Waals surface area contributed by atoms with Crippen molar-refractivity contribution in [3.8, 4) is 0 Å². The zero-order valence-corrected chi connectivity index (χ0v) is 20.9. The number of nitrogens with zero attached hydrogens (tertiary/aromatic N) is 2. The van der Waals surface area contributed by atoms with Gasteiger partial charge in [-0.2, -0.15) is 0 Å². The number of ether oxygens (including phenoxy) is 3. The van der Waals surface area contributed by atoms with Gasteiger partial charge in [-0.15, -0.1) is 0 Å². The predicted octanol–water partition coefficient (Wildman–Crippen LogP) is 3.73. The lowest BCUT2D eigenvalue weighted by molar-refractivity contribution is -0.156. The molecule has 1 aromatic rings. The van der Waals surface area contributed by atoms with Gasteiger partial charge in [0.2, 0.25) is 0 Å². The highest BCUT2D eigenvalue weighted by atomic mass is 16.6. The molecule has 0 radical (unpaired) electrons. The van der Waals surface area contributed by atoms with Crippen LogP contribution < -0.4 is 0 Å². The van der Waals surface area contributed by atoms with E-state index in [2.05, 4.69) is 4.90 Å². The molecule has 8 nitrogen and oxygen atoms in total. The van der Waals surface area contributed by atoms with E-state index in [1.54, 1.807) is 26.0 Å². The number of esters is 2. The van der Waals surface area contributed by atoms with Crippen LogP contribution >= 0.6 is 0 Å². The van der Waals surface area contributed by atoms with Gasteiger partial charge in [0.05, 0.1) is 13.2 Å². The summed E-state index contributed by atoms with van der Waals surface area (Å²) in [7, 11) is 0. The van der Waals surface area contributed by atoms with Crippen molar-refractivity contribution in [2.45, 2.75) is 78.6 Å². The summed E-state index contributed by atoms with van der Waals surface area (Å²) >= 11 is 0. The maximum absolute atomic E-state index is 12.6. The van der Waals surface area contributed by atoms with Gasteiger partial charge < -0.3 is 19.1 Å². The SMILES string of the molecule is CCOC(=O)C(C(=O)OCC)c1ccc(CN2C[C@@H](C)N(C(=O)OC(C)(C)C)[C@@H](C)C2)cc1. The van der Waals surface area contributed by atoms with E-state index in [4.69, 9.17) is 14.2 Å². The first-order valence-corrected chi connectivity index (χ1v) is 11.6. The van der Waals surface area contributed by atoms with Crippen molar-refractivity contribution in [1.29, 1.82) is 0 Å². The molecule has 1 heterocycles. The van der Waals surface area contributed by atoms with Crippen LogP contribution in [0.15, 0.2) is 24.3 Å². The predicted molar refractivity (Wildman–Crippen MR) is 125 cm³/mol. The van der Waals surface area contributed by atoms with Crippen LogP contribution in [0.1, 0.15) is 65.5 Å². The fraction of sp³-hybridized carbons (Fsp3) is 0.640. The van der Waals surface area contributed by atoms with E-state index in [9.17, 15) is 14.4 Å². The maximum atomic E-state index is 12.6. The molecule has 184 valence electrons. The molecule has 1 aliphatic rings. The van der Waals surface area contributed by atoms with Gasteiger partial charge in [-0.05, 0) is 59.6 Å². The summed E-state index contributed by atoms with van der Waals surface area (Å²) in [4.78, 5) is 41.4. The minimum absolute atomic E-state index is 0.0138. The van der Waals surface area contributed by atoms with Crippen LogP contribution in [0.5, 0.6) is 0 Å². The molecule has 0 spiro atoms. The zero-order chi connectivity index (χ0) is 24.8. The first-order valence-electron chi connectivity index (χ1n) is 11.6. The molecule has 0 aliphatic carbocycles. The Bertz CT molecular complexity index is 787. The molecule has 0 N–H and O–H groups in total. The second-order valence-corrected chi connectivity index (χ2v) is 9.46. The molecule has 2 rings (SSSR count). The van der Waals surface area contributed by atoms with Crippen LogP contribution in [0.3, 0.4) is 0 Å². The van der Waals surface area contributed by atoms with Crippen LogP contribution in [0.2, 0.25) is 0 Å². The van der Waals surface area contributed by atoms with Crippen molar-refractivity contribution in [1.82, 2.24) is 9.80 Å². The van der Waals surface area contributed by atoms with Crippen LogP contribution in [-0.4, -0.2) is 71.8 Å². The summed E-state index contributed by atoms with van der Waals surface area (Å²) in [6.45, 7) is 15.6. The third-order valence-electron chi connectivity index (χ3n) is 5.36. The fourth-order valence-corrected chi connectivity index (χ4v) is 4.13. The van der Waals surface area contributed by atoms with Gasteiger partial charge in [-0.25, -0.2) is 4.79 Å². The highest BCUT2D eigenvalue weighted by molar-refractivity contribution is 6.00. The zero-order valence-electron chi connectivity index (χ0n) is 20.9. The van der Waals surface area contributed by atoms with Crippen LogP contribution in [0.25, 0.3) is 0 Å². The lowest BCUT2D eigenvalue weighted by atomic mass is 9.97. The molecule has 1 aliphatic heterocycles. The standard InChI is InChI=1S/C25H38N2O6/c1-8-31-22(28)21(23(29)32-9-2)20-12-10-19(11-13-20)16-26-14-17(3)27(18(4)15-26)24(30)33-25(5,6)7/h10-13,17-18,21H,8-9,14-16H2,1-7H3/t17-,18+. The highest BCUT2D eigenvalue weighted by Gasteiger charge is 2.36. The van der Waals surface area contributed by atoms with E-state index in [0.29, 0.717) is 12.1 Å². The normalized spacial score (nSPS) is 19.3. The third-order valence-corrected chi connectivity index (χ3v) is 5.36. The van der Waals surface area contributed by atoms with Crippen LogP contribution in [-0.2, 0) is 30.3 Å². The summed E-state index contributed by atoms with van der Waals surface area (Å²) in [5.74, 6) is -2.30. The van der Waals surface area contributed by atoms with Crippen LogP contribution in [0, 0.1) is 0 Å². The fourth-order valence-electron chi connectivity index (χ4n) is 4.13. The monoisotopic (exact) mass is 462 g/mol. The van der Waals surface area contributed by atoms with Crippen molar-refractivity contribution in [2.75, 3.05) is 26.3 Å². The molecular weight excluding hydrogens is 424 g/mol. The smallest absolute Gasteiger partial charge is 0.410 e. The van der Waals surface area contributed by atoms with Crippen molar-refractivity contribution in [2.24, 2.45) is 0 Å².